The van der Waals surface area contributed by atoms with E-state index in [1.807, 2.05) is 31.2 Å². The van der Waals surface area contributed by atoms with Crippen molar-refractivity contribution >= 4 is 23.2 Å². The topological polar surface area (TPSA) is 80.5 Å². The summed E-state index contributed by atoms with van der Waals surface area (Å²) in [6, 6.07) is 13.3. The van der Waals surface area contributed by atoms with Crippen molar-refractivity contribution in [3.63, 3.8) is 0 Å². The minimum absolute atomic E-state index is 0.0749. The number of amides is 2. The fraction of sp³-hybridized carbons (Fsp3) is 0.222. The van der Waals surface area contributed by atoms with Crippen LogP contribution >= 0.6 is 0 Å². The van der Waals surface area contributed by atoms with E-state index in [0.717, 1.165) is 16.0 Å². The molecule has 122 valence electrons. The van der Waals surface area contributed by atoms with Crippen LogP contribution in [0, 0.1) is 23.0 Å². The van der Waals surface area contributed by atoms with Crippen molar-refractivity contribution in [1.29, 1.82) is 0 Å². The molecule has 3 rings (SSSR count). The van der Waals surface area contributed by atoms with Crippen LogP contribution in [0.25, 0.3) is 0 Å². The molecule has 0 saturated carbocycles. The summed E-state index contributed by atoms with van der Waals surface area (Å²) in [5.41, 5.74) is 2.43. The number of nitro groups is 1. The fourth-order valence-corrected chi connectivity index (χ4v) is 2.97. The second-order valence-corrected chi connectivity index (χ2v) is 5.94. The van der Waals surface area contributed by atoms with Gasteiger partial charge in [0, 0.05) is 18.6 Å². The van der Waals surface area contributed by atoms with Crippen molar-refractivity contribution < 1.29 is 14.5 Å². The number of hydrogen-bond acceptors (Lipinski definition) is 4. The monoisotopic (exact) mass is 324 g/mol. The van der Waals surface area contributed by atoms with E-state index in [1.165, 1.54) is 24.3 Å². The zero-order valence-electron chi connectivity index (χ0n) is 13.1. The van der Waals surface area contributed by atoms with Crippen LogP contribution in [0.3, 0.4) is 0 Å². The number of benzene rings is 2. The van der Waals surface area contributed by atoms with Crippen molar-refractivity contribution in [3.8, 4) is 0 Å². The van der Waals surface area contributed by atoms with Gasteiger partial charge in [-0.25, -0.2) is 0 Å². The van der Waals surface area contributed by atoms with Crippen LogP contribution in [0.2, 0.25) is 0 Å². The molecule has 1 heterocycles. The molecule has 2 amide bonds. The Bertz CT molecular complexity index is 814. The van der Waals surface area contributed by atoms with Gasteiger partial charge in [-0.3, -0.25) is 24.6 Å². The van der Waals surface area contributed by atoms with Crippen molar-refractivity contribution in [2.75, 3.05) is 4.90 Å². The van der Waals surface area contributed by atoms with Gasteiger partial charge in [0.05, 0.1) is 16.5 Å². The molecule has 1 fully saturated rings. The predicted molar refractivity (Wildman–Crippen MR) is 88.6 cm³/mol. The van der Waals surface area contributed by atoms with Gasteiger partial charge in [-0.15, -0.1) is 0 Å². The summed E-state index contributed by atoms with van der Waals surface area (Å²) in [6.07, 6.45) is 0.666. The Hall–Kier alpha value is -3.02. The second kappa shape index (κ2) is 6.23. The maximum atomic E-state index is 12.6. The van der Waals surface area contributed by atoms with Gasteiger partial charge in [-0.2, -0.15) is 0 Å². The molecule has 1 aliphatic rings. The number of imide groups is 1. The Morgan fingerprint density at radius 2 is 1.88 bits per heavy atom. The molecule has 0 bridgehead atoms. The summed E-state index contributed by atoms with van der Waals surface area (Å²) in [6.45, 7) is 1.98. The first kappa shape index (κ1) is 15.9. The standard InChI is InChI=1S/C18H16N2O4/c1-12-3-2-4-13(9-12)10-14-11-17(21)19(18(14)22)15-5-7-16(8-6-15)20(23)24/h2-9,14H,10-11H2,1H3/t14-/m0/s1. The van der Waals surface area contributed by atoms with Crippen LogP contribution in [0.1, 0.15) is 17.5 Å². The van der Waals surface area contributed by atoms with Crippen molar-refractivity contribution in [2.24, 2.45) is 5.92 Å². The number of anilines is 1. The van der Waals surface area contributed by atoms with Gasteiger partial charge >= 0.3 is 0 Å². The highest BCUT2D eigenvalue weighted by Gasteiger charge is 2.39. The van der Waals surface area contributed by atoms with E-state index in [2.05, 4.69) is 0 Å². The number of nitrogens with zero attached hydrogens (tertiary/aromatic N) is 2. The highest BCUT2D eigenvalue weighted by atomic mass is 16.6. The van der Waals surface area contributed by atoms with E-state index in [4.69, 9.17) is 0 Å². The first-order chi connectivity index (χ1) is 11.5. The Balaban J connectivity index is 1.80. The quantitative estimate of drug-likeness (QED) is 0.492. The summed E-state index contributed by atoms with van der Waals surface area (Å²) in [5, 5.41) is 10.7. The molecule has 24 heavy (non-hydrogen) atoms. The molecule has 1 atom stereocenters. The zero-order chi connectivity index (χ0) is 17.3. The van der Waals surface area contributed by atoms with E-state index in [1.54, 1.807) is 0 Å². The number of hydrogen-bond donors (Lipinski definition) is 0. The van der Waals surface area contributed by atoms with E-state index >= 15 is 0 Å². The van der Waals surface area contributed by atoms with Gasteiger partial charge in [0.25, 0.3) is 5.69 Å². The van der Waals surface area contributed by atoms with Crippen molar-refractivity contribution in [3.05, 3.63) is 69.8 Å². The van der Waals surface area contributed by atoms with Crippen LogP contribution < -0.4 is 4.90 Å². The molecular formula is C18H16N2O4. The third-order valence-corrected chi connectivity index (χ3v) is 4.12. The third-order valence-electron chi connectivity index (χ3n) is 4.12. The maximum Gasteiger partial charge on any atom is 0.269 e. The average Bonchev–Trinajstić information content (AvgIpc) is 2.81. The number of carbonyl (C=O) groups is 2. The van der Waals surface area contributed by atoms with Crippen molar-refractivity contribution in [1.82, 2.24) is 0 Å². The van der Waals surface area contributed by atoms with E-state index in [-0.39, 0.29) is 23.9 Å². The van der Waals surface area contributed by atoms with E-state index in [9.17, 15) is 19.7 Å². The lowest BCUT2D eigenvalue weighted by atomic mass is 9.97. The minimum Gasteiger partial charge on any atom is -0.274 e. The van der Waals surface area contributed by atoms with Gasteiger partial charge in [0.15, 0.2) is 0 Å². The molecule has 0 spiro atoms. The molecular weight excluding hydrogens is 308 g/mol. The lowest BCUT2D eigenvalue weighted by Gasteiger charge is -2.15. The molecule has 6 nitrogen and oxygen atoms in total. The molecule has 2 aromatic carbocycles. The van der Waals surface area contributed by atoms with Crippen LogP contribution in [-0.2, 0) is 16.0 Å². The predicted octanol–water partition coefficient (Wildman–Crippen LogP) is 3.03. The summed E-state index contributed by atoms with van der Waals surface area (Å²) in [4.78, 5) is 36.2. The number of aryl methyl sites for hydroxylation is 1. The lowest BCUT2D eigenvalue weighted by molar-refractivity contribution is -0.384. The molecule has 2 aromatic rings. The van der Waals surface area contributed by atoms with Gasteiger partial charge in [0.1, 0.15) is 0 Å². The number of rotatable bonds is 4. The minimum atomic E-state index is -0.516. The zero-order valence-corrected chi connectivity index (χ0v) is 13.1. The molecule has 6 heteroatoms. The highest BCUT2D eigenvalue weighted by molar-refractivity contribution is 6.21. The Labute approximate surface area is 138 Å². The number of non-ortho nitro benzene ring substituents is 1. The molecule has 0 unspecified atom stereocenters. The fourth-order valence-electron chi connectivity index (χ4n) is 2.97. The van der Waals surface area contributed by atoms with Crippen LogP contribution in [0.15, 0.2) is 48.5 Å². The van der Waals surface area contributed by atoms with Crippen LogP contribution in [0.4, 0.5) is 11.4 Å². The van der Waals surface area contributed by atoms with Crippen molar-refractivity contribution in [2.45, 2.75) is 19.8 Å². The lowest BCUT2D eigenvalue weighted by Crippen LogP contribution is -2.30. The van der Waals surface area contributed by atoms with Gasteiger partial charge in [-0.05, 0) is 31.0 Å². The molecule has 0 aromatic heterocycles. The molecule has 0 N–H and O–H groups in total. The normalized spacial score (nSPS) is 17.4. The Morgan fingerprint density at radius 3 is 2.50 bits per heavy atom. The molecule has 1 saturated heterocycles. The average molecular weight is 324 g/mol. The molecule has 1 aliphatic heterocycles. The van der Waals surface area contributed by atoms with E-state index in [0.29, 0.717) is 12.1 Å². The van der Waals surface area contributed by atoms with Crippen LogP contribution in [0.5, 0.6) is 0 Å². The van der Waals surface area contributed by atoms with Gasteiger partial charge in [-0.1, -0.05) is 29.8 Å². The second-order valence-electron chi connectivity index (χ2n) is 5.94. The Morgan fingerprint density at radius 1 is 1.17 bits per heavy atom. The first-order valence-electron chi connectivity index (χ1n) is 7.62. The summed E-state index contributed by atoms with van der Waals surface area (Å²) >= 11 is 0. The Kier molecular flexibility index (Phi) is 4.12. The third kappa shape index (κ3) is 3.03. The maximum absolute atomic E-state index is 12.6. The summed E-state index contributed by atoms with van der Waals surface area (Å²) in [5.74, 6) is -0.920. The summed E-state index contributed by atoms with van der Waals surface area (Å²) < 4.78 is 0. The number of carbonyl (C=O) groups excluding carboxylic acids is 2. The number of nitro benzene ring substituents is 1. The van der Waals surface area contributed by atoms with Gasteiger partial charge < -0.3 is 0 Å². The van der Waals surface area contributed by atoms with Gasteiger partial charge in [0.2, 0.25) is 11.8 Å². The largest absolute Gasteiger partial charge is 0.274 e. The van der Waals surface area contributed by atoms with E-state index < -0.39 is 10.8 Å². The summed E-state index contributed by atoms with van der Waals surface area (Å²) in [7, 11) is 0. The smallest absolute Gasteiger partial charge is 0.269 e. The molecule has 0 radical (unpaired) electrons. The SMILES string of the molecule is Cc1cccc(C[C@H]2CC(=O)N(c3ccc([N+](=O)[O-])cc3)C2=O)c1. The first-order valence-corrected chi connectivity index (χ1v) is 7.62. The van der Waals surface area contributed by atoms with Crippen LogP contribution in [-0.4, -0.2) is 16.7 Å². The highest BCUT2D eigenvalue weighted by Crippen LogP contribution is 2.30. The molecule has 0 aliphatic carbocycles.